The summed E-state index contributed by atoms with van der Waals surface area (Å²) in [5.74, 6) is -1.71. The van der Waals surface area contributed by atoms with Crippen LogP contribution in [0.1, 0.15) is 23.7 Å². The highest BCUT2D eigenvalue weighted by atomic mass is 35.5. The van der Waals surface area contributed by atoms with Crippen molar-refractivity contribution >= 4 is 29.2 Å². The molecule has 0 aromatic heterocycles. The lowest BCUT2D eigenvalue weighted by atomic mass is 9.95. The first-order valence-electron chi connectivity index (χ1n) is 9.20. The minimum Gasteiger partial charge on any atom is -0.481 e. The molecule has 1 fully saturated rings. The van der Waals surface area contributed by atoms with Gasteiger partial charge >= 0.3 is 5.97 Å². The maximum atomic E-state index is 11.3. The highest BCUT2D eigenvalue weighted by molar-refractivity contribution is 6.30. The molecule has 7 heteroatoms. The molecule has 0 unspecified atom stereocenters. The molecule has 0 bridgehead atoms. The van der Waals surface area contributed by atoms with Crippen LogP contribution in [0.4, 0.5) is 0 Å². The van der Waals surface area contributed by atoms with Gasteiger partial charge in [0.05, 0.1) is 18.6 Å². The Morgan fingerprint density at radius 3 is 2.11 bits per heavy atom. The Kier molecular flexibility index (Phi) is 7.32. The molecule has 0 aliphatic carbocycles. The number of aliphatic carboxylic acids is 1. The lowest BCUT2D eigenvalue weighted by Gasteiger charge is -2.34. The molecule has 2 aromatic rings. The van der Waals surface area contributed by atoms with Gasteiger partial charge in [-0.25, -0.2) is 0 Å². The number of likely N-dealkylation sites (tertiary alicyclic amines) is 1. The number of rotatable bonds is 7. The number of carboxylic acids is 1. The number of carboxylic acid groups (broad SMARTS) is 1. The summed E-state index contributed by atoms with van der Waals surface area (Å²) in [6.45, 7) is 2.00. The number of aliphatic hydroxyl groups is 1. The lowest BCUT2D eigenvalue weighted by Crippen LogP contribution is -2.47. The second kappa shape index (κ2) is 9.72. The largest absolute Gasteiger partial charge is 0.481 e. The Hall–Kier alpha value is -1.63. The summed E-state index contributed by atoms with van der Waals surface area (Å²) in [6.07, 6.45) is -0.611. The Labute approximate surface area is 174 Å². The van der Waals surface area contributed by atoms with Gasteiger partial charge in [-0.3, -0.25) is 9.69 Å². The quantitative estimate of drug-likeness (QED) is 0.707. The van der Waals surface area contributed by atoms with Crippen LogP contribution in [0.2, 0.25) is 10.0 Å². The molecule has 2 aromatic carbocycles. The van der Waals surface area contributed by atoms with Crippen LogP contribution in [0.5, 0.6) is 0 Å². The van der Waals surface area contributed by atoms with Crippen LogP contribution >= 0.6 is 23.2 Å². The number of aliphatic hydroxyl groups excluding tert-OH is 1. The van der Waals surface area contributed by atoms with E-state index in [1.165, 1.54) is 0 Å². The van der Waals surface area contributed by atoms with Gasteiger partial charge in [-0.1, -0.05) is 47.5 Å². The third-order valence-electron chi connectivity index (χ3n) is 5.02. The van der Waals surface area contributed by atoms with Gasteiger partial charge < -0.3 is 14.9 Å². The summed E-state index contributed by atoms with van der Waals surface area (Å²) in [4.78, 5) is 13.3. The third kappa shape index (κ3) is 5.46. The topological polar surface area (TPSA) is 70.0 Å². The molecule has 1 heterocycles. The monoisotopic (exact) mass is 423 g/mol. The molecule has 1 saturated heterocycles. The number of ether oxygens (including phenoxy) is 1. The first-order chi connectivity index (χ1) is 13.4. The Bertz CT molecular complexity index is 736. The van der Waals surface area contributed by atoms with E-state index in [0.29, 0.717) is 42.7 Å². The molecular formula is C21H23Cl2NO4. The average Bonchev–Trinajstić information content (AvgIpc) is 2.68. The van der Waals surface area contributed by atoms with Crippen LogP contribution < -0.4 is 0 Å². The highest BCUT2D eigenvalue weighted by Gasteiger charge is 2.32. The van der Waals surface area contributed by atoms with Crippen molar-refractivity contribution in [2.45, 2.75) is 18.6 Å². The second-order valence-electron chi connectivity index (χ2n) is 6.96. The van der Waals surface area contributed by atoms with Crippen molar-refractivity contribution in [3.05, 3.63) is 69.7 Å². The van der Waals surface area contributed by atoms with Crippen LogP contribution in [-0.2, 0) is 9.53 Å². The lowest BCUT2D eigenvalue weighted by molar-refractivity contribution is -0.149. The molecule has 0 saturated carbocycles. The fourth-order valence-electron chi connectivity index (χ4n) is 3.41. The molecule has 2 atom stereocenters. The van der Waals surface area contributed by atoms with Crippen LogP contribution in [0.3, 0.4) is 0 Å². The van der Waals surface area contributed by atoms with E-state index < -0.39 is 18.0 Å². The van der Waals surface area contributed by atoms with Gasteiger partial charge in [-0.2, -0.15) is 0 Å². The number of halogens is 2. The predicted molar refractivity (Wildman–Crippen MR) is 109 cm³/mol. The summed E-state index contributed by atoms with van der Waals surface area (Å²) in [7, 11) is 0. The molecule has 28 heavy (non-hydrogen) atoms. The van der Waals surface area contributed by atoms with E-state index in [2.05, 4.69) is 0 Å². The summed E-state index contributed by atoms with van der Waals surface area (Å²) >= 11 is 12.0. The standard InChI is InChI=1S/C21H23Cl2NO4/c22-16-5-1-14(2-6-16)20(15-3-7-17(23)8-4-15)28-12-11-24-10-9-19(25)18(13-24)21(26)27/h1-8,18-20,25H,9-13H2,(H,26,27)/t18-,19+/m0/s1. The summed E-state index contributed by atoms with van der Waals surface area (Å²) in [6, 6.07) is 15.0. The molecule has 150 valence electrons. The molecule has 5 nitrogen and oxygen atoms in total. The molecule has 2 N–H and O–H groups in total. The van der Waals surface area contributed by atoms with Crippen molar-refractivity contribution in [2.24, 2.45) is 5.92 Å². The van der Waals surface area contributed by atoms with Crippen molar-refractivity contribution in [3.63, 3.8) is 0 Å². The fourth-order valence-corrected chi connectivity index (χ4v) is 3.66. The fraction of sp³-hybridized carbons (Fsp3) is 0.381. The van der Waals surface area contributed by atoms with Gasteiger partial charge in [0.25, 0.3) is 0 Å². The minimum atomic E-state index is -0.960. The molecule has 1 aliphatic rings. The summed E-state index contributed by atoms with van der Waals surface area (Å²) in [5, 5.41) is 20.4. The third-order valence-corrected chi connectivity index (χ3v) is 5.52. The van der Waals surface area contributed by atoms with E-state index in [9.17, 15) is 15.0 Å². The number of benzene rings is 2. The van der Waals surface area contributed by atoms with Gasteiger partial charge in [0, 0.05) is 29.7 Å². The van der Waals surface area contributed by atoms with Gasteiger partial charge in [0.2, 0.25) is 0 Å². The first-order valence-corrected chi connectivity index (χ1v) is 9.95. The molecule has 0 radical (unpaired) electrons. The van der Waals surface area contributed by atoms with Gasteiger partial charge in [-0.15, -0.1) is 0 Å². The predicted octanol–water partition coefficient (Wildman–Crippen LogP) is 3.87. The van der Waals surface area contributed by atoms with Crippen molar-refractivity contribution in [3.8, 4) is 0 Å². The maximum Gasteiger partial charge on any atom is 0.310 e. The first kappa shape index (κ1) is 21.1. The number of carbonyl (C=O) groups is 1. The molecule has 0 amide bonds. The van der Waals surface area contributed by atoms with Crippen molar-refractivity contribution in [2.75, 3.05) is 26.2 Å². The normalized spacial score (nSPS) is 20.4. The number of nitrogens with zero attached hydrogens (tertiary/aromatic N) is 1. The SMILES string of the molecule is O=C(O)[C@H]1CN(CCOC(c2ccc(Cl)cc2)c2ccc(Cl)cc2)CC[C@H]1O. The molecule has 3 rings (SSSR count). The smallest absolute Gasteiger partial charge is 0.310 e. The molecule has 0 spiro atoms. The van der Waals surface area contributed by atoms with E-state index in [-0.39, 0.29) is 6.10 Å². The zero-order valence-electron chi connectivity index (χ0n) is 15.3. The van der Waals surface area contributed by atoms with E-state index in [1.807, 2.05) is 53.4 Å². The van der Waals surface area contributed by atoms with Crippen LogP contribution in [0.25, 0.3) is 0 Å². The van der Waals surface area contributed by atoms with Gasteiger partial charge in [0.15, 0.2) is 0 Å². The number of piperidine rings is 1. The van der Waals surface area contributed by atoms with E-state index in [0.717, 1.165) is 11.1 Å². The van der Waals surface area contributed by atoms with E-state index in [4.69, 9.17) is 27.9 Å². The van der Waals surface area contributed by atoms with Gasteiger partial charge in [0.1, 0.15) is 6.10 Å². The summed E-state index contributed by atoms with van der Waals surface area (Å²) < 4.78 is 6.18. The highest BCUT2D eigenvalue weighted by Crippen LogP contribution is 2.28. The Balaban J connectivity index is 1.66. The van der Waals surface area contributed by atoms with Crippen molar-refractivity contribution < 1.29 is 19.7 Å². The van der Waals surface area contributed by atoms with Crippen LogP contribution in [-0.4, -0.2) is 53.4 Å². The van der Waals surface area contributed by atoms with Crippen molar-refractivity contribution in [1.82, 2.24) is 4.90 Å². The van der Waals surface area contributed by atoms with Gasteiger partial charge in [-0.05, 0) is 41.8 Å². The Morgan fingerprint density at radius 1 is 1.07 bits per heavy atom. The average molecular weight is 424 g/mol. The van der Waals surface area contributed by atoms with Crippen molar-refractivity contribution in [1.29, 1.82) is 0 Å². The zero-order chi connectivity index (χ0) is 20.1. The molecular weight excluding hydrogens is 401 g/mol. The second-order valence-corrected chi connectivity index (χ2v) is 7.83. The summed E-state index contributed by atoms with van der Waals surface area (Å²) in [5.41, 5.74) is 1.95. The molecule has 1 aliphatic heterocycles. The van der Waals surface area contributed by atoms with Crippen LogP contribution in [0, 0.1) is 5.92 Å². The Morgan fingerprint density at radius 2 is 1.61 bits per heavy atom. The number of hydrogen-bond acceptors (Lipinski definition) is 4. The zero-order valence-corrected chi connectivity index (χ0v) is 16.8. The maximum absolute atomic E-state index is 11.3. The van der Waals surface area contributed by atoms with E-state index in [1.54, 1.807) is 0 Å². The minimum absolute atomic E-state index is 0.278. The number of hydrogen-bond donors (Lipinski definition) is 2. The van der Waals surface area contributed by atoms with E-state index >= 15 is 0 Å². The van der Waals surface area contributed by atoms with Crippen LogP contribution in [0.15, 0.2) is 48.5 Å².